The van der Waals surface area contributed by atoms with Crippen molar-refractivity contribution >= 4 is 11.8 Å². The van der Waals surface area contributed by atoms with Crippen molar-refractivity contribution in [3.05, 3.63) is 70.8 Å². The van der Waals surface area contributed by atoms with E-state index in [1.165, 1.54) is 0 Å². The Kier molecular flexibility index (Phi) is 4.31. The first kappa shape index (κ1) is 14.0. The zero-order valence-electron chi connectivity index (χ0n) is 11.6. The van der Waals surface area contributed by atoms with Crippen LogP contribution in [-0.4, -0.2) is 18.4 Å². The first-order valence-corrected chi connectivity index (χ1v) is 6.51. The summed E-state index contributed by atoms with van der Waals surface area (Å²) in [6, 6.07) is 14.1. The molecule has 0 atom stereocenters. The summed E-state index contributed by atoms with van der Waals surface area (Å²) in [7, 11) is 0. The van der Waals surface area contributed by atoms with Crippen LogP contribution in [0.15, 0.2) is 48.5 Å². The van der Waals surface area contributed by atoms with Gasteiger partial charge in [0, 0.05) is 11.1 Å². The van der Waals surface area contributed by atoms with Crippen molar-refractivity contribution in [1.82, 2.24) is 0 Å². The summed E-state index contributed by atoms with van der Waals surface area (Å²) in [5.74, 6) is -0.635. The fraction of sp³-hybridized carbons (Fsp3) is 0.176. The second-order valence-corrected chi connectivity index (χ2v) is 4.46. The summed E-state index contributed by atoms with van der Waals surface area (Å²) < 4.78 is 5.02. The lowest BCUT2D eigenvalue weighted by molar-refractivity contribution is 0.0523. The molecule has 102 valence electrons. The van der Waals surface area contributed by atoms with E-state index in [1.807, 2.05) is 19.1 Å². The third kappa shape index (κ3) is 2.94. The zero-order valence-corrected chi connectivity index (χ0v) is 11.6. The molecule has 0 aliphatic heterocycles. The van der Waals surface area contributed by atoms with Crippen LogP contribution >= 0.6 is 0 Å². The van der Waals surface area contributed by atoms with Crippen LogP contribution in [0.2, 0.25) is 0 Å². The van der Waals surface area contributed by atoms with Gasteiger partial charge in [0.15, 0.2) is 5.78 Å². The maximum atomic E-state index is 12.5. The van der Waals surface area contributed by atoms with Crippen molar-refractivity contribution in [2.75, 3.05) is 6.61 Å². The Labute approximate surface area is 118 Å². The predicted octanol–water partition coefficient (Wildman–Crippen LogP) is 3.40. The molecule has 0 unspecified atom stereocenters. The second-order valence-electron chi connectivity index (χ2n) is 4.46. The van der Waals surface area contributed by atoms with E-state index in [-0.39, 0.29) is 12.4 Å². The molecule has 0 fully saturated rings. The topological polar surface area (TPSA) is 43.4 Å². The van der Waals surface area contributed by atoms with Gasteiger partial charge < -0.3 is 4.74 Å². The number of rotatable bonds is 4. The monoisotopic (exact) mass is 268 g/mol. The molecule has 0 heterocycles. The molecule has 0 radical (unpaired) electrons. The number of ether oxygens (including phenoxy) is 1. The van der Waals surface area contributed by atoms with Crippen LogP contribution in [0.3, 0.4) is 0 Å². The predicted molar refractivity (Wildman–Crippen MR) is 77.0 cm³/mol. The first-order valence-electron chi connectivity index (χ1n) is 6.51. The second kappa shape index (κ2) is 6.15. The average molecular weight is 268 g/mol. The average Bonchev–Trinajstić information content (AvgIpc) is 2.47. The molecule has 0 spiro atoms. The van der Waals surface area contributed by atoms with Gasteiger partial charge in [0.1, 0.15) is 0 Å². The molecular formula is C17H16O3. The Morgan fingerprint density at radius 2 is 1.70 bits per heavy atom. The Bertz CT molecular complexity index is 630. The van der Waals surface area contributed by atoms with Gasteiger partial charge in [-0.3, -0.25) is 4.79 Å². The number of carbonyl (C=O) groups excluding carboxylic acids is 2. The van der Waals surface area contributed by atoms with Gasteiger partial charge in [-0.05, 0) is 26.0 Å². The van der Waals surface area contributed by atoms with E-state index in [2.05, 4.69) is 0 Å². The minimum atomic E-state index is -0.463. The van der Waals surface area contributed by atoms with Crippen LogP contribution in [0.1, 0.15) is 38.8 Å². The van der Waals surface area contributed by atoms with Crippen molar-refractivity contribution in [1.29, 1.82) is 0 Å². The first-order chi connectivity index (χ1) is 9.63. The molecular weight excluding hydrogens is 252 g/mol. The number of esters is 1. The molecule has 0 saturated carbocycles. The molecule has 0 N–H and O–H groups in total. The molecule has 0 aliphatic rings. The highest BCUT2D eigenvalue weighted by Gasteiger charge is 2.19. The fourth-order valence-corrected chi connectivity index (χ4v) is 1.98. The lowest BCUT2D eigenvalue weighted by atomic mass is 9.97. The highest BCUT2D eigenvalue weighted by Crippen LogP contribution is 2.17. The maximum Gasteiger partial charge on any atom is 0.338 e. The van der Waals surface area contributed by atoms with Gasteiger partial charge in [0.05, 0.1) is 12.2 Å². The van der Waals surface area contributed by atoms with Crippen LogP contribution < -0.4 is 0 Å². The molecule has 0 bridgehead atoms. The summed E-state index contributed by atoms with van der Waals surface area (Å²) in [5.41, 5.74) is 2.17. The van der Waals surface area contributed by atoms with Gasteiger partial charge in [0.25, 0.3) is 0 Å². The number of hydrogen-bond acceptors (Lipinski definition) is 3. The molecule has 3 nitrogen and oxygen atoms in total. The van der Waals surface area contributed by atoms with E-state index in [0.717, 1.165) is 5.56 Å². The third-order valence-corrected chi connectivity index (χ3v) is 2.95. The Balaban J connectivity index is 2.46. The van der Waals surface area contributed by atoms with Crippen LogP contribution in [0.25, 0.3) is 0 Å². The zero-order chi connectivity index (χ0) is 14.5. The summed E-state index contributed by atoms with van der Waals surface area (Å²) in [5, 5.41) is 0. The van der Waals surface area contributed by atoms with Crippen molar-refractivity contribution in [3.63, 3.8) is 0 Å². The smallest absolute Gasteiger partial charge is 0.338 e. The summed E-state index contributed by atoms with van der Waals surface area (Å²) in [6.07, 6.45) is 0. The molecule has 2 aromatic rings. The molecule has 3 heteroatoms. The quantitative estimate of drug-likeness (QED) is 0.630. The molecule has 20 heavy (non-hydrogen) atoms. The van der Waals surface area contributed by atoms with Crippen molar-refractivity contribution in [2.45, 2.75) is 13.8 Å². The lowest BCUT2D eigenvalue weighted by Gasteiger charge is -2.09. The maximum absolute atomic E-state index is 12.5. The highest BCUT2D eigenvalue weighted by atomic mass is 16.5. The summed E-state index contributed by atoms with van der Waals surface area (Å²) >= 11 is 0. The Morgan fingerprint density at radius 1 is 1.00 bits per heavy atom. The Morgan fingerprint density at radius 3 is 2.35 bits per heavy atom. The van der Waals surface area contributed by atoms with Gasteiger partial charge in [-0.2, -0.15) is 0 Å². The van der Waals surface area contributed by atoms with Gasteiger partial charge in [-0.15, -0.1) is 0 Å². The van der Waals surface area contributed by atoms with E-state index in [1.54, 1.807) is 43.3 Å². The van der Waals surface area contributed by atoms with E-state index in [0.29, 0.717) is 16.7 Å². The fourth-order valence-electron chi connectivity index (χ4n) is 1.98. The van der Waals surface area contributed by atoms with Gasteiger partial charge >= 0.3 is 5.97 Å². The summed E-state index contributed by atoms with van der Waals surface area (Å²) in [4.78, 5) is 24.5. The Hall–Kier alpha value is -2.42. The molecule has 0 aliphatic carbocycles. The van der Waals surface area contributed by atoms with Crippen LogP contribution in [0, 0.1) is 6.92 Å². The number of carbonyl (C=O) groups is 2. The number of hydrogen-bond donors (Lipinski definition) is 0. The van der Waals surface area contributed by atoms with Crippen molar-refractivity contribution in [2.24, 2.45) is 0 Å². The molecule has 2 rings (SSSR count). The van der Waals surface area contributed by atoms with Gasteiger partial charge in [-0.25, -0.2) is 4.79 Å². The minimum absolute atomic E-state index is 0.173. The van der Waals surface area contributed by atoms with E-state index < -0.39 is 5.97 Å². The van der Waals surface area contributed by atoms with E-state index in [4.69, 9.17) is 4.74 Å². The number of ketones is 1. The van der Waals surface area contributed by atoms with Crippen molar-refractivity contribution in [3.8, 4) is 0 Å². The van der Waals surface area contributed by atoms with E-state index >= 15 is 0 Å². The number of benzene rings is 2. The normalized spacial score (nSPS) is 10.1. The van der Waals surface area contributed by atoms with Gasteiger partial charge in [-0.1, -0.05) is 42.0 Å². The van der Waals surface area contributed by atoms with Crippen molar-refractivity contribution < 1.29 is 14.3 Å². The third-order valence-electron chi connectivity index (χ3n) is 2.95. The van der Waals surface area contributed by atoms with Crippen LogP contribution in [0.4, 0.5) is 0 Å². The van der Waals surface area contributed by atoms with Crippen LogP contribution in [-0.2, 0) is 4.74 Å². The molecule has 0 saturated heterocycles. The highest BCUT2D eigenvalue weighted by molar-refractivity contribution is 6.14. The van der Waals surface area contributed by atoms with E-state index in [9.17, 15) is 9.59 Å². The summed E-state index contributed by atoms with van der Waals surface area (Å²) in [6.45, 7) is 3.90. The lowest BCUT2D eigenvalue weighted by Crippen LogP contribution is -2.13. The molecule has 0 aromatic heterocycles. The minimum Gasteiger partial charge on any atom is -0.462 e. The molecule has 2 aromatic carbocycles. The van der Waals surface area contributed by atoms with Crippen LogP contribution in [0.5, 0.6) is 0 Å². The largest absolute Gasteiger partial charge is 0.462 e. The standard InChI is InChI=1S/C17H16O3/c1-3-20-17(19)15-11-12(2)9-10-14(15)16(18)13-7-5-4-6-8-13/h4-11H,3H2,1-2H3. The SMILES string of the molecule is CCOC(=O)c1cc(C)ccc1C(=O)c1ccccc1. The molecule has 0 amide bonds. The van der Waals surface area contributed by atoms with Gasteiger partial charge in [0.2, 0.25) is 0 Å². The number of aryl methyl sites for hydroxylation is 1.